The number of aryl methyl sites for hydroxylation is 2. The highest BCUT2D eigenvalue weighted by atomic mass is 32.2. The third kappa shape index (κ3) is 4.69. The van der Waals surface area contributed by atoms with Crippen LogP contribution in [0.4, 0.5) is 0 Å². The maximum Gasteiger partial charge on any atom is 0.240 e. The maximum absolute atomic E-state index is 12.6. The summed E-state index contributed by atoms with van der Waals surface area (Å²) in [5, 5.41) is 0. The number of rotatable bonds is 6. The molecule has 0 heterocycles. The summed E-state index contributed by atoms with van der Waals surface area (Å²) in [7, 11) is 0.748. The summed E-state index contributed by atoms with van der Waals surface area (Å²) in [6.45, 7) is 1.27. The van der Waals surface area contributed by atoms with Gasteiger partial charge in [0.25, 0.3) is 0 Å². The largest absolute Gasteiger partial charge is 0.336 e. The predicted molar refractivity (Wildman–Crippen MR) is 100 cm³/mol. The maximum atomic E-state index is 12.6. The van der Waals surface area contributed by atoms with Crippen LogP contribution in [-0.2, 0) is 36.0 Å². The molecule has 0 aliphatic heterocycles. The Kier molecular flexibility index (Phi) is 5.57. The molecule has 0 unspecified atom stereocenters. The number of nitrogens with one attached hydrogen (secondary N) is 2. The average Bonchev–Trinajstić information content (AvgIpc) is 2.60. The fraction of sp³-hybridized carbons (Fsp3) is 0.400. The summed E-state index contributed by atoms with van der Waals surface area (Å²) < 4.78 is 27.9. The Morgan fingerprint density at radius 3 is 2.24 bits per heavy atom. The smallest absolute Gasteiger partial charge is 0.240 e. The van der Waals surface area contributed by atoms with E-state index in [4.69, 9.17) is 0 Å². The van der Waals surface area contributed by atoms with E-state index < -0.39 is 10.0 Å². The number of fused-ring (bicyclic) bond motifs is 1. The van der Waals surface area contributed by atoms with Crippen molar-refractivity contribution in [2.45, 2.75) is 43.7 Å². The van der Waals surface area contributed by atoms with Crippen molar-refractivity contribution in [3.05, 3.63) is 64.7 Å². The van der Waals surface area contributed by atoms with Crippen LogP contribution in [0.15, 0.2) is 47.4 Å². The van der Waals surface area contributed by atoms with Crippen molar-refractivity contribution in [3.63, 3.8) is 0 Å². The van der Waals surface area contributed by atoms with Crippen LogP contribution in [0.3, 0.4) is 0 Å². The monoisotopic (exact) mass is 359 g/mol. The van der Waals surface area contributed by atoms with Crippen LogP contribution in [0.1, 0.15) is 35.1 Å². The summed E-state index contributed by atoms with van der Waals surface area (Å²) in [6, 6.07) is 13.7. The Morgan fingerprint density at radius 1 is 0.920 bits per heavy atom. The van der Waals surface area contributed by atoms with Crippen LogP contribution in [0.2, 0.25) is 0 Å². The molecular formula is C20H27N2O2S+. The molecule has 134 valence electrons. The molecule has 2 N–H and O–H groups in total. The molecule has 0 aromatic heterocycles. The van der Waals surface area contributed by atoms with Crippen LogP contribution < -0.4 is 9.62 Å². The van der Waals surface area contributed by atoms with Crippen molar-refractivity contribution in [2.75, 3.05) is 14.1 Å². The van der Waals surface area contributed by atoms with Gasteiger partial charge in [0.15, 0.2) is 0 Å². The van der Waals surface area contributed by atoms with Gasteiger partial charge in [-0.2, -0.15) is 0 Å². The van der Waals surface area contributed by atoms with Crippen molar-refractivity contribution in [1.82, 2.24) is 4.72 Å². The first-order chi connectivity index (χ1) is 11.9. The third-order valence-electron chi connectivity index (χ3n) is 4.68. The zero-order chi connectivity index (χ0) is 17.9. The molecule has 2 aromatic rings. The van der Waals surface area contributed by atoms with Crippen molar-refractivity contribution in [2.24, 2.45) is 0 Å². The molecule has 1 aliphatic carbocycles. The van der Waals surface area contributed by atoms with Gasteiger partial charge in [0.1, 0.15) is 6.54 Å². The molecule has 0 saturated carbocycles. The normalized spacial score (nSPS) is 14.5. The molecule has 0 fully saturated rings. The summed E-state index contributed by atoms with van der Waals surface area (Å²) in [5.41, 5.74) is 4.70. The molecule has 0 amide bonds. The molecule has 5 heteroatoms. The Labute approximate surface area is 150 Å². The second kappa shape index (κ2) is 7.68. The molecule has 0 spiro atoms. The van der Waals surface area contributed by atoms with Gasteiger partial charge in [0.05, 0.1) is 19.0 Å². The van der Waals surface area contributed by atoms with E-state index in [1.807, 2.05) is 24.3 Å². The summed E-state index contributed by atoms with van der Waals surface area (Å²) in [6.07, 6.45) is 4.38. The van der Waals surface area contributed by atoms with Crippen LogP contribution in [0.25, 0.3) is 0 Å². The van der Waals surface area contributed by atoms with Crippen LogP contribution >= 0.6 is 0 Å². The first kappa shape index (κ1) is 18.1. The van der Waals surface area contributed by atoms with E-state index in [1.165, 1.54) is 28.0 Å². The molecule has 0 saturated heterocycles. The molecule has 4 nitrogen and oxygen atoms in total. The summed E-state index contributed by atoms with van der Waals surface area (Å²) in [5.74, 6) is 0. The minimum absolute atomic E-state index is 0.314. The van der Waals surface area contributed by atoms with Crippen molar-refractivity contribution in [1.29, 1.82) is 0 Å². The first-order valence-corrected chi connectivity index (χ1v) is 10.4. The van der Waals surface area contributed by atoms with Gasteiger partial charge in [-0.25, -0.2) is 13.1 Å². The van der Waals surface area contributed by atoms with E-state index in [1.54, 1.807) is 6.07 Å². The molecule has 25 heavy (non-hydrogen) atoms. The van der Waals surface area contributed by atoms with Gasteiger partial charge in [-0.05, 0) is 54.5 Å². The Hall–Kier alpha value is -1.69. The third-order valence-corrected chi connectivity index (χ3v) is 6.08. The molecule has 0 radical (unpaired) electrons. The fourth-order valence-electron chi connectivity index (χ4n) is 3.32. The molecule has 2 aromatic carbocycles. The summed E-state index contributed by atoms with van der Waals surface area (Å²) in [4.78, 5) is 1.74. The zero-order valence-corrected chi connectivity index (χ0v) is 15.8. The van der Waals surface area contributed by atoms with E-state index in [2.05, 4.69) is 31.0 Å². The van der Waals surface area contributed by atoms with Crippen LogP contribution in [0.5, 0.6) is 0 Å². The highest BCUT2D eigenvalue weighted by Crippen LogP contribution is 2.24. The van der Waals surface area contributed by atoms with Gasteiger partial charge in [0.2, 0.25) is 10.0 Å². The second-order valence-electron chi connectivity index (χ2n) is 7.16. The van der Waals surface area contributed by atoms with E-state index in [-0.39, 0.29) is 0 Å². The average molecular weight is 360 g/mol. The minimum atomic E-state index is -3.48. The zero-order valence-electron chi connectivity index (χ0n) is 15.0. The van der Waals surface area contributed by atoms with E-state index in [9.17, 15) is 8.42 Å². The minimum Gasteiger partial charge on any atom is -0.336 e. The Bertz CT molecular complexity index is 827. The predicted octanol–water partition coefficient (Wildman–Crippen LogP) is 1.69. The number of benzene rings is 2. The van der Waals surface area contributed by atoms with Crippen molar-refractivity contribution >= 4 is 10.0 Å². The van der Waals surface area contributed by atoms with Crippen molar-refractivity contribution in [3.8, 4) is 0 Å². The lowest BCUT2D eigenvalue weighted by atomic mass is 9.92. The Morgan fingerprint density at radius 2 is 1.56 bits per heavy atom. The fourth-order valence-corrected chi connectivity index (χ4v) is 4.39. The van der Waals surface area contributed by atoms with E-state index in [0.29, 0.717) is 11.4 Å². The molecule has 1 aliphatic rings. The molecular weight excluding hydrogens is 332 g/mol. The topological polar surface area (TPSA) is 50.6 Å². The second-order valence-corrected chi connectivity index (χ2v) is 8.93. The van der Waals surface area contributed by atoms with Gasteiger partial charge in [-0.15, -0.1) is 0 Å². The van der Waals surface area contributed by atoms with E-state index >= 15 is 0 Å². The lowest BCUT2D eigenvalue weighted by molar-refractivity contribution is -0.872. The standard InChI is InChI=1S/C20H26N2O2S/c1-22(2)15-17-9-7-16(8-10-17)14-21-25(23,24)20-12-11-18-5-3-4-6-19(18)13-20/h7-13,21H,3-6,14-15H2,1-2H3/p+1. The Balaban J connectivity index is 1.67. The SMILES string of the molecule is C[NH+](C)Cc1ccc(CNS(=O)(=O)c2ccc3c(c2)CCCC3)cc1. The van der Waals surface area contributed by atoms with Crippen LogP contribution in [0, 0.1) is 0 Å². The highest BCUT2D eigenvalue weighted by Gasteiger charge is 2.17. The quantitative estimate of drug-likeness (QED) is 0.825. The first-order valence-electron chi connectivity index (χ1n) is 8.92. The number of sulfonamides is 1. The van der Waals surface area contributed by atoms with Crippen LogP contribution in [-0.4, -0.2) is 22.5 Å². The van der Waals surface area contributed by atoms with Gasteiger partial charge in [0, 0.05) is 12.1 Å². The number of hydrogen-bond donors (Lipinski definition) is 2. The number of hydrogen-bond acceptors (Lipinski definition) is 2. The molecule has 0 atom stereocenters. The van der Waals surface area contributed by atoms with Gasteiger partial charge >= 0.3 is 0 Å². The highest BCUT2D eigenvalue weighted by molar-refractivity contribution is 7.89. The van der Waals surface area contributed by atoms with E-state index in [0.717, 1.165) is 31.4 Å². The molecule has 3 rings (SSSR count). The van der Waals surface area contributed by atoms with Gasteiger partial charge in [-0.1, -0.05) is 30.3 Å². The lowest BCUT2D eigenvalue weighted by Gasteiger charge is -2.17. The number of quaternary nitrogens is 1. The van der Waals surface area contributed by atoms with Crippen molar-refractivity contribution < 1.29 is 13.3 Å². The van der Waals surface area contributed by atoms with Gasteiger partial charge in [-0.3, -0.25) is 0 Å². The molecule has 0 bridgehead atoms. The lowest BCUT2D eigenvalue weighted by Crippen LogP contribution is -3.04. The summed E-state index contributed by atoms with van der Waals surface area (Å²) >= 11 is 0. The van der Waals surface area contributed by atoms with Gasteiger partial charge < -0.3 is 4.90 Å².